The van der Waals surface area contributed by atoms with Crippen LogP contribution in [-0.4, -0.2) is 12.5 Å². The number of alkyl halides is 3. The first-order chi connectivity index (χ1) is 7.11. The normalized spacial score (nSPS) is 13.9. The number of thiol groups is 1. The summed E-state index contributed by atoms with van der Waals surface area (Å²) in [5, 5.41) is 0. The highest BCUT2D eigenvalue weighted by Gasteiger charge is 2.36. The van der Waals surface area contributed by atoms with Gasteiger partial charge in [-0.05, 0) is 24.6 Å². The van der Waals surface area contributed by atoms with Crippen LogP contribution in [0.4, 0.5) is 18.9 Å². The lowest BCUT2D eigenvalue weighted by atomic mass is 10.2. The Bertz CT molecular complexity index is 385. The van der Waals surface area contributed by atoms with Gasteiger partial charge < -0.3 is 5.73 Å². The van der Waals surface area contributed by atoms with Gasteiger partial charge in [0, 0.05) is 10.6 Å². The van der Waals surface area contributed by atoms with Crippen LogP contribution in [0.2, 0.25) is 0 Å². The third-order valence-electron chi connectivity index (χ3n) is 1.64. The van der Waals surface area contributed by atoms with Crippen molar-refractivity contribution in [1.29, 1.82) is 0 Å². The number of hydrogen-bond donors (Lipinski definition) is 2. The molecule has 1 nitrogen and oxygen atoms in total. The van der Waals surface area contributed by atoms with Gasteiger partial charge >= 0.3 is 6.18 Å². The van der Waals surface area contributed by atoms with E-state index >= 15 is 0 Å². The Hall–Kier alpha value is -0.140. The van der Waals surface area contributed by atoms with Crippen molar-refractivity contribution in [2.45, 2.75) is 11.1 Å². The molecule has 0 atom stereocenters. The van der Waals surface area contributed by atoms with Gasteiger partial charge in [0.1, 0.15) is 0 Å². The van der Waals surface area contributed by atoms with Gasteiger partial charge in [0.25, 0.3) is 0 Å². The van der Waals surface area contributed by atoms with E-state index in [1.807, 2.05) is 12.5 Å². The van der Waals surface area contributed by atoms with Crippen molar-refractivity contribution in [2.24, 2.45) is 0 Å². The number of rotatable bonds is 2. The lowest BCUT2D eigenvalue weighted by molar-refractivity contribution is -0.139. The zero-order valence-electron chi connectivity index (χ0n) is 8.71. The number of benzene rings is 1. The zero-order valence-corrected chi connectivity index (χ0v) is 11.2. The molecule has 1 aromatic rings. The first-order valence-electron chi connectivity index (χ1n) is 4.22. The maximum absolute atomic E-state index is 12.8. The van der Waals surface area contributed by atoms with Gasteiger partial charge in [-0.15, -0.1) is 19.8 Å². The summed E-state index contributed by atoms with van der Waals surface area (Å²) in [7, 11) is -0.305. The Balaban J connectivity index is 3.24. The van der Waals surface area contributed by atoms with E-state index in [2.05, 4.69) is 11.7 Å². The summed E-state index contributed by atoms with van der Waals surface area (Å²) < 4.78 is 38.3. The van der Waals surface area contributed by atoms with E-state index in [0.717, 1.165) is 10.8 Å². The van der Waals surface area contributed by atoms with E-state index in [1.54, 1.807) is 0 Å². The molecule has 0 amide bonds. The molecule has 7 heteroatoms. The minimum atomic E-state index is -4.42. The Kier molecular flexibility index (Phi) is 4.02. The summed E-state index contributed by atoms with van der Waals surface area (Å²) in [6.07, 6.45) is -0.805. The fraction of sp³-hybridized carbons (Fsp3) is 0.333. The molecule has 0 fully saturated rings. The molecule has 0 aliphatic rings. The van der Waals surface area contributed by atoms with Crippen LogP contribution >= 0.6 is 30.5 Å². The molecule has 0 saturated carbocycles. The van der Waals surface area contributed by atoms with Gasteiger partial charge in [-0.25, -0.2) is 0 Å². The van der Waals surface area contributed by atoms with Gasteiger partial charge in [-0.1, -0.05) is 16.9 Å². The minimum Gasteiger partial charge on any atom is -0.398 e. The SMILES string of the molecule is CS(C)(S)Sc1cccc(N)c1C(F)(F)F. The summed E-state index contributed by atoms with van der Waals surface area (Å²) in [5.41, 5.74) is 4.38. The van der Waals surface area contributed by atoms with Crippen molar-refractivity contribution in [1.82, 2.24) is 0 Å². The molecule has 92 valence electrons. The van der Waals surface area contributed by atoms with Gasteiger partial charge in [0.05, 0.1) is 5.56 Å². The lowest BCUT2D eigenvalue weighted by Gasteiger charge is -2.25. The van der Waals surface area contributed by atoms with Crippen molar-refractivity contribution in [2.75, 3.05) is 18.2 Å². The van der Waals surface area contributed by atoms with Crippen LogP contribution < -0.4 is 5.73 Å². The summed E-state index contributed by atoms with van der Waals surface area (Å²) >= 11 is 4.28. The largest absolute Gasteiger partial charge is 0.419 e. The molecular weight excluding hydrogens is 275 g/mol. The van der Waals surface area contributed by atoms with Crippen LogP contribution in [0, 0.1) is 0 Å². The average molecular weight is 287 g/mol. The third kappa shape index (κ3) is 3.71. The molecule has 2 N–H and O–H groups in total. The maximum Gasteiger partial charge on any atom is 0.419 e. The predicted molar refractivity (Wildman–Crippen MR) is 70.1 cm³/mol. The second-order valence-corrected chi connectivity index (χ2v) is 12.9. The van der Waals surface area contributed by atoms with Crippen LogP contribution in [-0.2, 0) is 6.18 Å². The fourth-order valence-electron chi connectivity index (χ4n) is 1.14. The van der Waals surface area contributed by atoms with E-state index in [0.29, 0.717) is 0 Å². The maximum atomic E-state index is 12.8. The van der Waals surface area contributed by atoms with Crippen LogP contribution in [0.15, 0.2) is 23.1 Å². The van der Waals surface area contributed by atoms with Gasteiger partial charge in [0.2, 0.25) is 0 Å². The van der Waals surface area contributed by atoms with Crippen molar-refractivity contribution >= 4 is 36.2 Å². The Morgan fingerprint density at radius 2 is 1.88 bits per heavy atom. The van der Waals surface area contributed by atoms with E-state index in [9.17, 15) is 13.2 Å². The molecule has 1 rings (SSSR count). The second-order valence-electron chi connectivity index (χ2n) is 3.48. The van der Waals surface area contributed by atoms with E-state index in [-0.39, 0.29) is 10.6 Å². The summed E-state index contributed by atoms with van der Waals surface area (Å²) in [6.45, 7) is 0. The molecule has 1 aromatic carbocycles. The molecule has 0 radical (unpaired) electrons. The van der Waals surface area contributed by atoms with Crippen molar-refractivity contribution < 1.29 is 13.2 Å². The quantitative estimate of drug-likeness (QED) is 0.484. The highest BCUT2D eigenvalue weighted by molar-refractivity contribution is 9.21. The van der Waals surface area contributed by atoms with E-state index in [1.165, 1.54) is 18.2 Å². The van der Waals surface area contributed by atoms with E-state index < -0.39 is 19.8 Å². The molecule has 0 spiro atoms. The second kappa shape index (κ2) is 4.62. The van der Waals surface area contributed by atoms with Crippen LogP contribution in [0.1, 0.15) is 5.56 Å². The Labute approximate surface area is 103 Å². The first kappa shape index (κ1) is 13.9. The monoisotopic (exact) mass is 287 g/mol. The van der Waals surface area contributed by atoms with Gasteiger partial charge in [-0.2, -0.15) is 13.2 Å². The molecule has 0 unspecified atom stereocenters. The van der Waals surface area contributed by atoms with Gasteiger partial charge in [-0.3, -0.25) is 0 Å². The number of anilines is 1. The topological polar surface area (TPSA) is 26.0 Å². The standard InChI is InChI=1S/C9H12F3NS3/c1-16(2,14)15-7-5-3-4-6(13)8(7)9(10,11)12/h3-5,14H,13H2,1-2H3. The summed E-state index contributed by atoms with van der Waals surface area (Å²) in [4.78, 5) is 0.141. The molecule has 0 bridgehead atoms. The first-order valence-corrected chi connectivity index (χ1v) is 9.05. The molecule has 0 heterocycles. The highest BCUT2D eigenvalue weighted by Crippen LogP contribution is 2.62. The zero-order chi connectivity index (χ0) is 12.6. The van der Waals surface area contributed by atoms with Crippen molar-refractivity contribution in [3.05, 3.63) is 23.8 Å². The van der Waals surface area contributed by atoms with Crippen molar-refractivity contribution in [3.8, 4) is 0 Å². The fourth-order valence-corrected chi connectivity index (χ4v) is 4.49. The number of hydrogen-bond acceptors (Lipinski definition) is 3. The number of halogens is 3. The average Bonchev–Trinajstić information content (AvgIpc) is 1.97. The van der Waals surface area contributed by atoms with Crippen LogP contribution in [0.25, 0.3) is 0 Å². The van der Waals surface area contributed by atoms with E-state index in [4.69, 9.17) is 5.73 Å². The Morgan fingerprint density at radius 3 is 2.31 bits per heavy atom. The molecule has 0 saturated heterocycles. The highest BCUT2D eigenvalue weighted by atomic mass is 33.5. The molecule has 0 aromatic heterocycles. The molecule has 0 aliphatic heterocycles. The number of nitrogen functional groups attached to an aromatic ring is 1. The molecular formula is C9H12F3NS3. The lowest BCUT2D eigenvalue weighted by Crippen LogP contribution is -2.10. The van der Waals surface area contributed by atoms with Crippen molar-refractivity contribution in [3.63, 3.8) is 0 Å². The number of nitrogens with two attached hydrogens (primary N) is 1. The molecule has 16 heavy (non-hydrogen) atoms. The third-order valence-corrected chi connectivity index (χ3v) is 5.00. The van der Waals surface area contributed by atoms with Crippen LogP contribution in [0.5, 0.6) is 0 Å². The molecule has 0 aliphatic carbocycles. The predicted octanol–water partition coefficient (Wildman–Crippen LogP) is 4.20. The minimum absolute atomic E-state index is 0.141. The smallest absolute Gasteiger partial charge is 0.398 e. The Morgan fingerprint density at radius 1 is 1.31 bits per heavy atom. The van der Waals surface area contributed by atoms with Crippen LogP contribution in [0.3, 0.4) is 0 Å². The summed E-state index contributed by atoms with van der Waals surface area (Å²) in [5.74, 6) is 0. The van der Waals surface area contributed by atoms with Gasteiger partial charge in [0.15, 0.2) is 0 Å². The summed E-state index contributed by atoms with van der Waals surface area (Å²) in [6, 6.07) is 4.20.